The molecule has 0 aromatic rings. The van der Waals surface area contributed by atoms with Crippen LogP contribution in [0.1, 0.15) is 128 Å². The topological polar surface area (TPSA) is 450 Å². The number of amides is 4. The number of imide groups is 2. The third kappa shape index (κ3) is 175. The van der Waals surface area contributed by atoms with Gasteiger partial charge in [0.2, 0.25) is 23.6 Å². The smallest absolute Gasteiger partial charge is 0.540 e. The van der Waals surface area contributed by atoms with Crippen molar-refractivity contribution in [2.45, 2.75) is 172 Å². The molecule has 0 aromatic heterocycles. The zero-order chi connectivity index (χ0) is 96.9. The van der Waals surface area contributed by atoms with E-state index in [2.05, 4.69) is 27.7 Å². The Morgan fingerprint density at radius 1 is 0.392 bits per heavy atom. The molecule has 2 fully saturated rings. The normalized spacial score (nSPS) is 12.6. The fraction of sp³-hybridized carbons (Fsp3) is 0.700. The number of likely N-dealkylation sites (tertiary alicyclic amines) is 2. The van der Waals surface area contributed by atoms with Crippen LogP contribution < -0.4 is 0 Å². The number of thioether (sulfide) groups is 12. The fourth-order valence-corrected chi connectivity index (χ4v) is 28.4. The number of carbonyl (C=O) groups excluding carboxylic acids is 6. The van der Waals surface area contributed by atoms with Crippen LogP contribution in [-0.2, 0) is 1070 Å². The van der Waals surface area contributed by atoms with Crippen LogP contribution in [0.15, 0.2) is 43.3 Å². The molecule has 0 aliphatic carbocycles. The van der Waals surface area contributed by atoms with E-state index in [0.29, 0.717) is 53.6 Å². The Bertz CT molecular complexity index is 3890. The Hall–Kier alpha value is 31.2. The van der Waals surface area contributed by atoms with E-state index in [4.69, 9.17) is 0 Å². The Labute approximate surface area is 1660 Å². The van der Waals surface area contributed by atoms with E-state index in [1.54, 1.807) is 109 Å². The van der Waals surface area contributed by atoms with E-state index in [1.807, 2.05) is 45.1 Å². The van der Waals surface area contributed by atoms with Crippen molar-refractivity contribution >= 4 is 278 Å². The van der Waals surface area contributed by atoms with Gasteiger partial charge in [0.25, 0.3) is 0 Å². The van der Waals surface area contributed by atoms with E-state index >= 15 is 0 Å². The molecule has 797 valence electrons. The molecule has 0 saturated carbocycles. The molecule has 78 heteroatoms. The zero-order valence-corrected chi connectivity index (χ0v) is 187. The monoisotopic (exact) mass is 4610 g/mol. The average molecular weight is 4610 g/mol. The summed E-state index contributed by atoms with van der Waals surface area (Å²) in [6.07, 6.45) is 25.0. The summed E-state index contributed by atoms with van der Waals surface area (Å²) in [6.45, 7) is 33.0. The van der Waals surface area contributed by atoms with Gasteiger partial charge in [0.1, 0.15) is 0 Å². The second-order valence-corrected chi connectivity index (χ2v) is 51.1. The molecule has 2 heterocycles. The second kappa shape index (κ2) is 198. The molecule has 28 nitrogen and oxygen atoms in total. The van der Waals surface area contributed by atoms with Crippen molar-refractivity contribution in [3.8, 4) is 0 Å². The predicted molar refractivity (Wildman–Crippen MR) is 536 cm³/mol. The van der Waals surface area contributed by atoms with Gasteiger partial charge in [-0.2, -0.15) is 141 Å². The van der Waals surface area contributed by atoms with Gasteiger partial charge in [-0.05, 0) is 142 Å². The van der Waals surface area contributed by atoms with Crippen LogP contribution in [0.25, 0.3) is 0 Å². The van der Waals surface area contributed by atoms with Crippen LogP contribution in [0.3, 0.4) is 0 Å². The summed E-state index contributed by atoms with van der Waals surface area (Å²) in [4.78, 5) is 75.9. The van der Waals surface area contributed by atoms with Crippen molar-refractivity contribution in [1.82, 2.24) is 9.80 Å². The van der Waals surface area contributed by atoms with Gasteiger partial charge >= 0.3 is 98.1 Å². The molecule has 25 radical (unpaired) electrons. The van der Waals surface area contributed by atoms with Gasteiger partial charge in [0, 0.05) is 906 Å². The van der Waals surface area contributed by atoms with Gasteiger partial charge in [0.15, 0.2) is 45.1 Å². The zero-order valence-electron chi connectivity index (χ0n) is 89.5. The number of hydrogen-bond donors (Lipinski definition) is 0. The molecule has 4 amide bonds. The molecule has 2 saturated heterocycles. The summed E-state index contributed by atoms with van der Waals surface area (Å²) in [5.41, 5.74) is 0. The van der Waals surface area contributed by atoms with Crippen molar-refractivity contribution in [2.75, 3.05) is 131 Å². The molecule has 0 spiro atoms. The van der Waals surface area contributed by atoms with Crippen LogP contribution in [0.2, 0.25) is 0 Å². The molecule has 2 aliphatic rings. The van der Waals surface area contributed by atoms with E-state index in [-0.39, 0.29) is 968 Å². The third-order valence-electron chi connectivity index (χ3n) is 13.5. The summed E-state index contributed by atoms with van der Waals surface area (Å²) in [5, 5.41) is 5.86. The first-order chi connectivity index (χ1) is 55.9. The fourth-order valence-electron chi connectivity index (χ4n) is 7.49. The number of nitrogens with zero attached hydrogens (tertiary/aromatic N) is 2. The number of Topliss-reactive ketones (excluding diaryl/α,β-unsaturated/α-hetero) is 1. The summed E-state index contributed by atoms with van der Waals surface area (Å²) >= 11 is 16.2. The van der Waals surface area contributed by atoms with Gasteiger partial charge in [0.05, 0.1) is 54.1 Å². The van der Waals surface area contributed by atoms with E-state index in [0.717, 1.165) is 21.1 Å². The number of rotatable bonds is 45. The van der Waals surface area contributed by atoms with Gasteiger partial charge < -0.3 is 62.6 Å². The molecule has 2 rings (SSSR count). The molecule has 8 atom stereocenters. The summed E-state index contributed by atoms with van der Waals surface area (Å²) in [7, 11) is -28.2. The van der Waals surface area contributed by atoms with Crippen LogP contribution in [0.5, 0.6) is 0 Å². The quantitative estimate of drug-likeness (QED) is 0.0310. The molecule has 2 aliphatic heterocycles. The van der Waals surface area contributed by atoms with Gasteiger partial charge in [-0.3, -0.25) is 54.1 Å². The molecule has 0 aromatic carbocycles. The summed E-state index contributed by atoms with van der Waals surface area (Å²) < 4.78 is 218. The second-order valence-electron chi connectivity index (χ2n) is 21.7. The van der Waals surface area contributed by atoms with Crippen molar-refractivity contribution in [2.24, 2.45) is 0 Å². The summed E-state index contributed by atoms with van der Waals surface area (Å²) in [5.74, 6) is 4.15. The predicted octanol–water partition coefficient (Wildman–Crippen LogP) is 13.9. The Morgan fingerprint density at radius 2 is 0.676 bits per heavy atom. The molecule has 148 heavy (non-hydrogen) atoms. The van der Waals surface area contributed by atoms with Crippen LogP contribution in [0, 0.1) is 45.0 Å². The first-order valence-electron chi connectivity index (χ1n) is 35.4. The average Bonchev–Trinajstić information content (AvgIpc) is 1.61. The van der Waals surface area contributed by atoms with Gasteiger partial charge in [-0.15, -0.1) is 52.5 Å². The maximum atomic E-state index is 12.8. The van der Waals surface area contributed by atoms with Crippen LogP contribution in [-0.4, -0.2) is 279 Å². The van der Waals surface area contributed by atoms with Crippen LogP contribution >= 0.6 is 141 Å². The molecular weight excluding hydrogens is 4480 g/mol. The first-order valence-corrected chi connectivity index (χ1v) is 66.8. The minimum absolute atomic E-state index is 0. The van der Waals surface area contributed by atoms with Gasteiger partial charge in [-0.1, -0.05) is 71.0 Å². The minimum atomic E-state index is -3.55. The summed E-state index contributed by atoms with van der Waals surface area (Å²) in [6, 6.07) is -3.14. The van der Waals surface area contributed by atoms with E-state index in [1.165, 1.54) is 196 Å². The maximum Gasteiger partial charge on any atom is 3.00 e. The molecule has 0 bridgehead atoms. The molecular formula is C70H133N2O26S22Y28-2. The van der Waals surface area contributed by atoms with Crippen LogP contribution in [0.4, 0.5) is 0 Å². The van der Waals surface area contributed by atoms with Crippen molar-refractivity contribution in [3.05, 3.63) is 88.2 Å². The number of sulfone groups is 7. The van der Waals surface area contributed by atoms with Crippen molar-refractivity contribution in [3.63, 3.8) is 0 Å². The maximum absolute atomic E-state index is 12.8. The largest absolute Gasteiger partial charge is 3.00 e. The molecule has 6 unspecified atom stereocenters. The van der Waals surface area contributed by atoms with E-state index < -0.39 is 174 Å². The van der Waals surface area contributed by atoms with E-state index in [9.17, 15) is 113 Å². The first kappa shape index (κ1) is 289. The minimum Gasteiger partial charge on any atom is -0.540 e. The van der Waals surface area contributed by atoms with Gasteiger partial charge in [-0.25, -0.2) is 57.2 Å². The third-order valence-corrected chi connectivity index (χ3v) is 38.7. The Balaban J connectivity index is -0.0000000244. The number of ketones is 1. The SMILES string of the molecule is CCCC(=O)C(C([C-]=O)N1C(=O)CC(SC)C1=O)N1C(=O)CC(SC)C1=O.CC[CH-]S(=O)(=O)/C=C/SC.CC[CH-]S(=O)(=O)CCSC.CC[CH-]S(=O)(=O)CSC.CS/C=C/S(=O)(=O)C(C)[C@@H](C)S(=O)(=O)/C=C/SC.CS/C=C/[S-](=O)=O.CSCCS(=O)(=O)C(C)[C@@H](C)S(=O)(=O)CCSC.CSCC[S-](=O)=O.CSC[S-](=O)=O.[CH2-]C.[CH2-]C.[CH2-]C.[CH2-]C.[Y+3].[Y+3].[Y+3].[Y].[Y].[Y].[Y].[Y].[Y].[Y].[Y].[Y].[Y].[Y].[Y].[Y].[Y].[Y].[Y].[Y].[Y].[Y].[Y].[Y].[Y].[Y].[Y].[Y]. The Kier molecular flexibility index (Phi) is 387. The van der Waals surface area contributed by atoms with Crippen molar-refractivity contribution < 1.29 is 1030 Å². The molecule has 0 N–H and O–H groups in total. The number of hydrogen-bond acceptors (Lipinski definition) is 41. The standard InChI is InChI=1S/C17H21N2O6S2.C10H22O4S4.C10H18O4S4.C6H13O2S2.C6H11O2S2.C5H11O2S2.C3H7O2S2.C3H5O2S2.C2H5O2S2.4C2H5.28Y/c1-4-5-10(21)15(19-14(23)7-12(27-3)17(19)25)9(8-20)18-13(22)6-11(26-2)16(18)24;2*1-9(17(11,12)7-5-15-3)10(2)18(13,14)8-6-16-4;2*1-3-5-10(7,8)6-4-9-2;1-3-4-9(6,7)5-8-2;2*1-6-2-3-7(4)5;1-5-2-6(3)4;4*1-2;;;;;;;;;;;;;;;;;;;;;;;;;;;;/h9,11-12,15H,4-7H2,1-3H3;9-10H,5-8H2,1-4H3;5-10H,1-4H3;5H,3-4,6H2,1-2H3;4-6H,3H2,1-2H3;4H,3,5H2,1-2H3;2-3H2,1H3;2-3H,1H3;2H2,1H3;4*1H2,2H3;;;;;;;;;;;;;;;;;;;;;;;;;;;;/q-1;;;10*-1;;;;;;;;;;;;;;;;;;;;;;;;;;3*+3/b;;7-5+,8-6+;;6-4+;;;3-2+;;;;;;;;;;;;;;;;;;;;;;;;;;;;;;;;;/t;2*9-,10?;;;;;;;;;;;;;;;;;;;;;;;;;;;;;;;;;;;;;;/m.11....................................../s1. The van der Waals surface area contributed by atoms with Crippen molar-refractivity contribution in [1.29, 1.82) is 0 Å². The Morgan fingerprint density at radius 3 is 0.892 bits per heavy atom. The number of carbonyl (C=O) groups is 5.